The van der Waals surface area contributed by atoms with Gasteiger partial charge in [0, 0.05) is 0 Å². The van der Waals surface area contributed by atoms with Gasteiger partial charge >= 0.3 is 37.9 Å². The van der Waals surface area contributed by atoms with Crippen LogP contribution in [0.15, 0.2) is 42.0 Å². The third-order valence-corrected chi connectivity index (χ3v) is 4.56. The molecule has 0 aromatic heterocycles. The molecule has 2 aromatic rings. The minimum atomic E-state index is -0.826. The van der Waals surface area contributed by atoms with Gasteiger partial charge in [-0.15, -0.1) is 0 Å². The fourth-order valence-electron chi connectivity index (χ4n) is 3.04. The SMILES string of the molecule is Cc1cccc(-c2cccc3c2C=C(C(C)C)C3)c1C.[Cl][Zr][Cl]. The summed E-state index contributed by atoms with van der Waals surface area (Å²) < 4.78 is 0. The van der Waals surface area contributed by atoms with Crippen molar-refractivity contribution in [3.63, 3.8) is 0 Å². The second kappa shape index (κ2) is 8.66. The van der Waals surface area contributed by atoms with Crippen LogP contribution in [-0.4, -0.2) is 0 Å². The molecule has 0 radical (unpaired) electrons. The monoisotopic (exact) mass is 422 g/mol. The molecule has 0 saturated carbocycles. The van der Waals surface area contributed by atoms with Crippen molar-refractivity contribution in [3.8, 4) is 11.1 Å². The van der Waals surface area contributed by atoms with Crippen LogP contribution in [0.4, 0.5) is 0 Å². The number of aryl methyl sites for hydroxylation is 1. The van der Waals surface area contributed by atoms with Crippen molar-refractivity contribution in [1.29, 1.82) is 0 Å². The Morgan fingerprint density at radius 2 is 1.57 bits per heavy atom. The topological polar surface area (TPSA) is 0 Å². The van der Waals surface area contributed by atoms with Crippen LogP contribution in [0, 0.1) is 19.8 Å². The van der Waals surface area contributed by atoms with Crippen LogP contribution in [-0.2, 0) is 27.3 Å². The van der Waals surface area contributed by atoms with E-state index in [9.17, 15) is 0 Å². The molecule has 23 heavy (non-hydrogen) atoms. The molecule has 0 spiro atoms. The maximum atomic E-state index is 4.93. The summed E-state index contributed by atoms with van der Waals surface area (Å²) in [7, 11) is 9.87. The number of hydrogen-bond acceptors (Lipinski definition) is 0. The van der Waals surface area contributed by atoms with Crippen molar-refractivity contribution in [3.05, 3.63) is 64.2 Å². The first kappa shape index (κ1) is 19.0. The second-order valence-electron chi connectivity index (χ2n) is 6.25. The van der Waals surface area contributed by atoms with E-state index in [2.05, 4.69) is 70.2 Å². The first-order chi connectivity index (χ1) is 11.0. The van der Waals surface area contributed by atoms with Gasteiger partial charge in [-0.05, 0) is 59.6 Å². The zero-order valence-electron chi connectivity index (χ0n) is 14.1. The number of allylic oxidation sites excluding steroid dienone is 1. The Morgan fingerprint density at radius 1 is 0.957 bits per heavy atom. The summed E-state index contributed by atoms with van der Waals surface area (Å²) in [4.78, 5) is 0. The van der Waals surface area contributed by atoms with E-state index in [1.165, 1.54) is 33.4 Å². The summed E-state index contributed by atoms with van der Waals surface area (Å²) in [6.45, 7) is 8.99. The van der Waals surface area contributed by atoms with Crippen molar-refractivity contribution in [1.82, 2.24) is 0 Å². The summed E-state index contributed by atoms with van der Waals surface area (Å²) in [6.07, 6.45) is 3.53. The molecule has 0 atom stereocenters. The molecule has 0 N–H and O–H groups in total. The summed E-state index contributed by atoms with van der Waals surface area (Å²) in [5.41, 5.74) is 10.00. The van der Waals surface area contributed by atoms with Gasteiger partial charge in [-0.3, -0.25) is 0 Å². The fourth-order valence-corrected chi connectivity index (χ4v) is 3.04. The molecule has 3 heteroatoms. The number of benzene rings is 2. The van der Waals surface area contributed by atoms with E-state index in [1.54, 1.807) is 5.57 Å². The van der Waals surface area contributed by atoms with Crippen LogP contribution in [0.1, 0.15) is 36.1 Å². The van der Waals surface area contributed by atoms with Gasteiger partial charge < -0.3 is 0 Å². The Morgan fingerprint density at radius 3 is 2.22 bits per heavy atom. The van der Waals surface area contributed by atoms with Gasteiger partial charge in [0.15, 0.2) is 0 Å². The molecule has 0 heterocycles. The molecule has 0 bridgehead atoms. The normalized spacial score (nSPS) is 12.4. The van der Waals surface area contributed by atoms with Gasteiger partial charge in [0.2, 0.25) is 0 Å². The third-order valence-electron chi connectivity index (χ3n) is 4.56. The Hall–Kier alpha value is -0.357. The predicted molar refractivity (Wildman–Crippen MR) is 99.6 cm³/mol. The molecule has 0 aliphatic heterocycles. The summed E-state index contributed by atoms with van der Waals surface area (Å²) >= 11 is -0.826. The number of rotatable bonds is 2. The molecule has 120 valence electrons. The molecule has 1 aliphatic rings. The Bertz CT molecular complexity index is 718. The summed E-state index contributed by atoms with van der Waals surface area (Å²) in [5.74, 6) is 0.633. The van der Waals surface area contributed by atoms with Crippen LogP contribution in [0.5, 0.6) is 0 Å². The quantitative estimate of drug-likeness (QED) is 0.490. The Labute approximate surface area is 158 Å². The van der Waals surface area contributed by atoms with E-state index in [1.807, 2.05) is 0 Å². The van der Waals surface area contributed by atoms with Gasteiger partial charge in [0.1, 0.15) is 0 Å². The average molecular weight is 425 g/mol. The number of hydrogen-bond donors (Lipinski definition) is 0. The predicted octanol–water partition coefficient (Wildman–Crippen LogP) is 6.94. The Kier molecular flexibility index (Phi) is 7.14. The van der Waals surface area contributed by atoms with E-state index in [0.29, 0.717) is 5.92 Å². The van der Waals surface area contributed by atoms with E-state index in [4.69, 9.17) is 17.0 Å². The molecule has 0 amide bonds. The zero-order valence-corrected chi connectivity index (χ0v) is 18.1. The van der Waals surface area contributed by atoms with Crippen molar-refractivity contribution >= 4 is 23.1 Å². The first-order valence-electron chi connectivity index (χ1n) is 7.84. The molecule has 0 fully saturated rings. The molecule has 1 aliphatic carbocycles. The summed E-state index contributed by atoms with van der Waals surface area (Å²) in [5, 5.41) is 0. The van der Waals surface area contributed by atoms with Crippen LogP contribution < -0.4 is 0 Å². The van der Waals surface area contributed by atoms with Gasteiger partial charge in [-0.25, -0.2) is 0 Å². The van der Waals surface area contributed by atoms with Crippen molar-refractivity contribution in [2.75, 3.05) is 0 Å². The molecular formula is C20H22Cl2Zr. The molecule has 2 aromatic carbocycles. The molecule has 3 rings (SSSR count). The van der Waals surface area contributed by atoms with E-state index < -0.39 is 20.8 Å². The second-order valence-corrected chi connectivity index (χ2v) is 9.98. The number of fused-ring (bicyclic) bond motifs is 1. The van der Waals surface area contributed by atoms with Crippen molar-refractivity contribution in [2.45, 2.75) is 34.1 Å². The Balaban J connectivity index is 0.000000595. The standard InChI is InChI=1S/C20H22.2ClH.Zr/c1-13(2)17-11-16-8-6-10-19(20(16)12-17)18-9-5-7-14(3)15(18)4;;;/h5-10,12-13H,11H2,1-4H3;2*1H;/q;;;+2/p-2. The third kappa shape index (κ3) is 4.38. The van der Waals surface area contributed by atoms with Crippen LogP contribution in [0.25, 0.3) is 17.2 Å². The van der Waals surface area contributed by atoms with Gasteiger partial charge in [-0.1, -0.05) is 61.9 Å². The van der Waals surface area contributed by atoms with Crippen molar-refractivity contribution in [2.24, 2.45) is 5.92 Å². The average Bonchev–Trinajstić information content (AvgIpc) is 2.95. The first-order valence-corrected chi connectivity index (χ1v) is 14.2. The van der Waals surface area contributed by atoms with Crippen LogP contribution in [0.2, 0.25) is 0 Å². The molecule has 0 saturated heterocycles. The number of halogens is 2. The summed E-state index contributed by atoms with van der Waals surface area (Å²) in [6, 6.07) is 13.3. The van der Waals surface area contributed by atoms with E-state index in [-0.39, 0.29) is 0 Å². The molecular weight excluding hydrogens is 402 g/mol. The zero-order chi connectivity index (χ0) is 17.0. The van der Waals surface area contributed by atoms with Crippen LogP contribution in [0.3, 0.4) is 0 Å². The molecule has 0 unspecified atom stereocenters. The minimum absolute atomic E-state index is 0.633. The van der Waals surface area contributed by atoms with Crippen molar-refractivity contribution < 1.29 is 20.8 Å². The van der Waals surface area contributed by atoms with Crippen LogP contribution >= 0.6 is 17.0 Å². The van der Waals surface area contributed by atoms with Gasteiger partial charge in [0.05, 0.1) is 0 Å². The molecule has 0 nitrogen and oxygen atoms in total. The van der Waals surface area contributed by atoms with E-state index in [0.717, 1.165) is 6.42 Å². The fraction of sp³-hybridized carbons (Fsp3) is 0.300. The van der Waals surface area contributed by atoms with E-state index >= 15 is 0 Å². The van der Waals surface area contributed by atoms with Gasteiger partial charge in [0.25, 0.3) is 0 Å². The van der Waals surface area contributed by atoms with Gasteiger partial charge in [-0.2, -0.15) is 0 Å². The maximum absolute atomic E-state index is 4.93.